The molecule has 4 saturated carbocycles. The first kappa shape index (κ1) is 19.9. The van der Waals surface area contributed by atoms with Crippen LogP contribution in [0.2, 0.25) is 0 Å². The van der Waals surface area contributed by atoms with Crippen molar-refractivity contribution in [3.63, 3.8) is 0 Å². The zero-order valence-corrected chi connectivity index (χ0v) is 17.0. The number of hydrogen-bond acceptors (Lipinski definition) is 3. The number of carbonyl (C=O) groups is 3. The Morgan fingerprint density at radius 1 is 1.03 bits per heavy atom. The van der Waals surface area contributed by atoms with Crippen LogP contribution in [0.1, 0.15) is 61.4 Å². The molecule has 4 fully saturated rings. The predicted octanol–water partition coefficient (Wildman–Crippen LogP) is 3.07. The first-order valence-corrected chi connectivity index (χ1v) is 10.8. The van der Waals surface area contributed by atoms with E-state index in [0.717, 1.165) is 42.6 Å². The van der Waals surface area contributed by atoms with Gasteiger partial charge >= 0.3 is 5.97 Å². The van der Waals surface area contributed by atoms with E-state index in [2.05, 4.69) is 5.32 Å². The SMILES string of the molecule is CCN(CC(=O)O)C(=O)c1ccc(CNC(=O)C23CC4CC(CC(C4)C2)C3)cc1. The normalized spacial score (nSPS) is 29.5. The number of rotatable bonds is 7. The Balaban J connectivity index is 1.35. The molecule has 4 aliphatic carbocycles. The molecule has 0 heterocycles. The molecule has 6 heteroatoms. The van der Waals surface area contributed by atoms with Crippen LogP contribution >= 0.6 is 0 Å². The molecule has 0 unspecified atom stereocenters. The van der Waals surface area contributed by atoms with Crippen molar-refractivity contribution in [2.75, 3.05) is 13.1 Å². The van der Waals surface area contributed by atoms with E-state index in [1.807, 2.05) is 12.1 Å². The molecule has 2 amide bonds. The molecule has 4 bridgehead atoms. The number of carboxylic acid groups (broad SMARTS) is 1. The fraction of sp³-hybridized carbons (Fsp3) is 0.609. The summed E-state index contributed by atoms with van der Waals surface area (Å²) < 4.78 is 0. The van der Waals surface area contributed by atoms with E-state index in [-0.39, 0.29) is 23.8 Å². The molecule has 2 N–H and O–H groups in total. The molecule has 0 atom stereocenters. The average molecular weight is 399 g/mol. The fourth-order valence-corrected chi connectivity index (χ4v) is 6.20. The Bertz CT molecular complexity index is 766. The van der Waals surface area contributed by atoms with E-state index < -0.39 is 5.97 Å². The van der Waals surface area contributed by atoms with Gasteiger partial charge in [-0.2, -0.15) is 0 Å². The van der Waals surface area contributed by atoms with Gasteiger partial charge in [0.15, 0.2) is 0 Å². The smallest absolute Gasteiger partial charge is 0.323 e. The van der Waals surface area contributed by atoms with Crippen LogP contribution in [0.3, 0.4) is 0 Å². The highest BCUT2D eigenvalue weighted by Crippen LogP contribution is 2.60. The van der Waals surface area contributed by atoms with Gasteiger partial charge in [0.1, 0.15) is 6.54 Å². The lowest BCUT2D eigenvalue weighted by Crippen LogP contribution is -2.53. The van der Waals surface area contributed by atoms with Crippen molar-refractivity contribution in [3.05, 3.63) is 35.4 Å². The number of benzene rings is 1. The summed E-state index contributed by atoms with van der Waals surface area (Å²) in [5.74, 6) is 1.11. The second-order valence-corrected chi connectivity index (χ2v) is 9.29. The number of amides is 2. The molecule has 29 heavy (non-hydrogen) atoms. The van der Waals surface area contributed by atoms with E-state index in [1.165, 1.54) is 24.2 Å². The standard InChI is InChI=1S/C23H30N2O4/c1-2-25(14-20(26)27)21(28)19-5-3-15(4-6-19)13-24-22(29)23-10-16-7-17(11-23)9-18(8-16)12-23/h3-6,16-18H,2,7-14H2,1H3,(H,24,29)(H,26,27). The van der Waals surface area contributed by atoms with Gasteiger partial charge in [0, 0.05) is 24.1 Å². The number of nitrogens with zero attached hydrogens (tertiary/aromatic N) is 1. The second-order valence-electron chi connectivity index (χ2n) is 9.29. The largest absolute Gasteiger partial charge is 0.480 e. The number of aliphatic carboxylic acids is 1. The van der Waals surface area contributed by atoms with E-state index in [9.17, 15) is 14.4 Å². The van der Waals surface area contributed by atoms with Crippen molar-refractivity contribution in [2.45, 2.75) is 52.0 Å². The van der Waals surface area contributed by atoms with Gasteiger partial charge < -0.3 is 15.3 Å². The van der Waals surface area contributed by atoms with Gasteiger partial charge in [-0.3, -0.25) is 14.4 Å². The molecule has 0 saturated heterocycles. The quantitative estimate of drug-likeness (QED) is 0.739. The zero-order chi connectivity index (χ0) is 20.6. The average Bonchev–Trinajstić information content (AvgIpc) is 2.69. The fourth-order valence-electron chi connectivity index (χ4n) is 6.20. The van der Waals surface area contributed by atoms with Gasteiger partial charge in [0.05, 0.1) is 0 Å². The molecule has 4 aliphatic rings. The van der Waals surface area contributed by atoms with Crippen molar-refractivity contribution in [1.29, 1.82) is 0 Å². The lowest BCUT2D eigenvalue weighted by molar-refractivity contribution is -0.146. The zero-order valence-electron chi connectivity index (χ0n) is 17.0. The van der Waals surface area contributed by atoms with E-state index in [0.29, 0.717) is 18.7 Å². The van der Waals surface area contributed by atoms with Gasteiger partial charge in [0.25, 0.3) is 5.91 Å². The summed E-state index contributed by atoms with van der Waals surface area (Å²) in [5, 5.41) is 12.1. The molecule has 6 nitrogen and oxygen atoms in total. The van der Waals surface area contributed by atoms with Crippen LogP contribution in [-0.2, 0) is 16.1 Å². The molecule has 0 aliphatic heterocycles. The molecule has 156 valence electrons. The van der Waals surface area contributed by atoms with Gasteiger partial charge in [-0.1, -0.05) is 12.1 Å². The van der Waals surface area contributed by atoms with Crippen LogP contribution in [-0.4, -0.2) is 40.9 Å². The van der Waals surface area contributed by atoms with E-state index >= 15 is 0 Å². The minimum atomic E-state index is -1.02. The van der Waals surface area contributed by atoms with Crippen LogP contribution in [0.4, 0.5) is 0 Å². The highest BCUT2D eigenvalue weighted by Gasteiger charge is 2.54. The third-order valence-corrected chi connectivity index (χ3v) is 7.17. The van der Waals surface area contributed by atoms with Crippen molar-refractivity contribution in [3.8, 4) is 0 Å². The maximum Gasteiger partial charge on any atom is 0.323 e. The van der Waals surface area contributed by atoms with Crippen LogP contribution in [0.15, 0.2) is 24.3 Å². The third-order valence-electron chi connectivity index (χ3n) is 7.17. The summed E-state index contributed by atoms with van der Waals surface area (Å²) in [4.78, 5) is 37.7. The molecule has 0 aromatic heterocycles. The number of carbonyl (C=O) groups excluding carboxylic acids is 2. The summed E-state index contributed by atoms with van der Waals surface area (Å²) in [6.07, 6.45) is 7.11. The van der Waals surface area contributed by atoms with Gasteiger partial charge in [-0.15, -0.1) is 0 Å². The first-order valence-electron chi connectivity index (χ1n) is 10.8. The molecule has 1 aromatic carbocycles. The first-order chi connectivity index (χ1) is 13.9. The van der Waals surface area contributed by atoms with Crippen LogP contribution in [0.5, 0.6) is 0 Å². The summed E-state index contributed by atoms with van der Waals surface area (Å²) in [5.41, 5.74) is 1.26. The van der Waals surface area contributed by atoms with Gasteiger partial charge in [0.2, 0.25) is 5.91 Å². The Kier molecular flexibility index (Phi) is 5.36. The summed E-state index contributed by atoms with van der Waals surface area (Å²) in [6, 6.07) is 7.09. The third kappa shape index (κ3) is 4.02. The monoisotopic (exact) mass is 398 g/mol. The summed E-state index contributed by atoms with van der Waals surface area (Å²) in [7, 11) is 0. The molecule has 5 rings (SSSR count). The minimum Gasteiger partial charge on any atom is -0.480 e. The topological polar surface area (TPSA) is 86.7 Å². The highest BCUT2D eigenvalue weighted by atomic mass is 16.4. The predicted molar refractivity (Wildman–Crippen MR) is 108 cm³/mol. The van der Waals surface area contributed by atoms with E-state index in [1.54, 1.807) is 19.1 Å². The molecular weight excluding hydrogens is 368 g/mol. The van der Waals surface area contributed by atoms with Gasteiger partial charge in [-0.05, 0) is 80.9 Å². The van der Waals surface area contributed by atoms with Crippen molar-refractivity contribution < 1.29 is 19.5 Å². The highest BCUT2D eigenvalue weighted by molar-refractivity contribution is 5.95. The number of likely N-dealkylation sites (N-methyl/N-ethyl adjacent to an activating group) is 1. The molecule has 0 radical (unpaired) electrons. The maximum absolute atomic E-state index is 13.0. The Labute approximate surface area is 171 Å². The Morgan fingerprint density at radius 2 is 1.59 bits per heavy atom. The van der Waals surface area contributed by atoms with Crippen molar-refractivity contribution >= 4 is 17.8 Å². The Morgan fingerprint density at radius 3 is 2.07 bits per heavy atom. The lowest BCUT2D eigenvalue weighted by atomic mass is 9.49. The maximum atomic E-state index is 13.0. The molecule has 0 spiro atoms. The molecular formula is C23H30N2O4. The number of carboxylic acids is 1. The van der Waals surface area contributed by atoms with Crippen LogP contribution in [0.25, 0.3) is 0 Å². The molecule has 1 aromatic rings. The van der Waals surface area contributed by atoms with Crippen LogP contribution in [0, 0.1) is 23.2 Å². The summed E-state index contributed by atoms with van der Waals surface area (Å²) >= 11 is 0. The number of nitrogens with one attached hydrogen (secondary N) is 1. The van der Waals surface area contributed by atoms with Gasteiger partial charge in [-0.25, -0.2) is 0 Å². The minimum absolute atomic E-state index is 0.150. The van der Waals surface area contributed by atoms with Crippen molar-refractivity contribution in [1.82, 2.24) is 10.2 Å². The number of hydrogen-bond donors (Lipinski definition) is 2. The summed E-state index contributed by atoms with van der Waals surface area (Å²) in [6.45, 7) is 2.25. The Hall–Kier alpha value is -2.37. The second kappa shape index (κ2) is 7.81. The van der Waals surface area contributed by atoms with E-state index in [4.69, 9.17) is 5.11 Å². The van der Waals surface area contributed by atoms with Crippen molar-refractivity contribution in [2.24, 2.45) is 23.2 Å². The van der Waals surface area contributed by atoms with Crippen LogP contribution < -0.4 is 5.32 Å². The lowest BCUT2D eigenvalue weighted by Gasteiger charge is -2.55.